The molecule has 38 heavy (non-hydrogen) atoms. The van der Waals surface area contributed by atoms with Crippen LogP contribution in [-0.4, -0.2) is 65.4 Å². The first-order chi connectivity index (χ1) is 18.5. The van der Waals surface area contributed by atoms with Gasteiger partial charge in [0.25, 0.3) is 0 Å². The summed E-state index contributed by atoms with van der Waals surface area (Å²) >= 11 is -1.94. The van der Waals surface area contributed by atoms with Gasteiger partial charge in [0.2, 0.25) is 11.3 Å². The van der Waals surface area contributed by atoms with Crippen LogP contribution < -0.4 is 9.80 Å². The van der Waals surface area contributed by atoms with E-state index >= 15 is 0 Å². The van der Waals surface area contributed by atoms with Crippen LogP contribution in [0.15, 0.2) is 60.8 Å². The molecule has 0 spiro atoms. The number of nitrogens with zero attached hydrogens (tertiary/aromatic N) is 7. The fourth-order valence-electron chi connectivity index (χ4n) is 5.50. The van der Waals surface area contributed by atoms with Crippen LogP contribution in [0.5, 0.6) is 0 Å². The van der Waals surface area contributed by atoms with Crippen LogP contribution in [0.2, 0.25) is 0 Å². The van der Waals surface area contributed by atoms with Crippen molar-refractivity contribution >= 4 is 28.5 Å². The highest BCUT2D eigenvalue weighted by atomic mass is 32.2. The minimum atomic E-state index is -1.94. The number of halogens is 1. The number of hydrogen-bond donors (Lipinski definition) is 1. The molecule has 0 amide bonds. The standard InChI is InChI=1S/C27H30FN7O2S/c1-2-33(38(36)37)18-19-16-32(17-19)26-10-4-8-22(30-26)24-15-29-25-11-12-27(31-35(24)25)34-13-5-9-23(34)20-6-3-7-21(28)14-20/h3-4,6-8,10-12,14-15,19,23H,2,5,9,13,16-18H2,1H3,(H,36,37)/t23-/m1/s1. The zero-order valence-electron chi connectivity index (χ0n) is 21.2. The Bertz CT molecular complexity index is 1470. The number of hydrogen-bond acceptors (Lipinski definition) is 6. The van der Waals surface area contributed by atoms with E-state index in [-0.39, 0.29) is 11.9 Å². The van der Waals surface area contributed by atoms with E-state index < -0.39 is 11.3 Å². The first kappa shape index (κ1) is 24.9. The highest BCUT2D eigenvalue weighted by Crippen LogP contribution is 2.36. The lowest BCUT2D eigenvalue weighted by Crippen LogP contribution is -2.52. The molecule has 2 aliphatic heterocycles. The average molecular weight is 536 g/mol. The number of pyridine rings is 1. The number of anilines is 2. The lowest BCUT2D eigenvalue weighted by molar-refractivity contribution is 0.301. The summed E-state index contributed by atoms with van der Waals surface area (Å²) in [5.41, 5.74) is 3.27. The van der Waals surface area contributed by atoms with E-state index in [1.165, 1.54) is 6.07 Å². The third-order valence-electron chi connectivity index (χ3n) is 7.44. The SMILES string of the molecule is CCN(CC1CN(c2cccc(-c3cnc4ccc(N5CCC[C@@H]5c5cccc(F)c5)nn34)n2)C1)S(=O)O. The number of benzene rings is 1. The van der Waals surface area contributed by atoms with E-state index in [1.807, 2.05) is 47.8 Å². The number of rotatable bonds is 8. The van der Waals surface area contributed by atoms with Gasteiger partial charge >= 0.3 is 0 Å². The van der Waals surface area contributed by atoms with Gasteiger partial charge in [-0.25, -0.2) is 27.4 Å². The molecule has 2 saturated heterocycles. The van der Waals surface area contributed by atoms with Gasteiger partial charge in [-0.1, -0.05) is 25.1 Å². The lowest BCUT2D eigenvalue weighted by atomic mass is 10.00. The van der Waals surface area contributed by atoms with Gasteiger partial charge in [0, 0.05) is 38.6 Å². The molecule has 1 aromatic carbocycles. The minimum Gasteiger partial charge on any atom is -0.356 e. The van der Waals surface area contributed by atoms with Gasteiger partial charge in [0.1, 0.15) is 23.1 Å². The number of imidazole rings is 1. The summed E-state index contributed by atoms with van der Waals surface area (Å²) in [6.45, 7) is 5.44. The molecule has 0 saturated carbocycles. The van der Waals surface area contributed by atoms with E-state index in [0.717, 1.165) is 66.7 Å². The molecule has 0 bridgehead atoms. The Morgan fingerprint density at radius 3 is 2.76 bits per heavy atom. The first-order valence-corrected chi connectivity index (χ1v) is 14.0. The van der Waals surface area contributed by atoms with E-state index in [2.05, 4.69) is 14.8 Å². The molecule has 1 N–H and O–H groups in total. The molecule has 5 heterocycles. The van der Waals surface area contributed by atoms with Gasteiger partial charge in [0.15, 0.2) is 5.65 Å². The monoisotopic (exact) mass is 535 g/mol. The van der Waals surface area contributed by atoms with Gasteiger partial charge in [-0.3, -0.25) is 4.55 Å². The molecule has 3 aromatic heterocycles. The van der Waals surface area contributed by atoms with E-state index in [0.29, 0.717) is 19.0 Å². The number of aromatic nitrogens is 4. The molecule has 11 heteroatoms. The van der Waals surface area contributed by atoms with Gasteiger partial charge in [0.05, 0.1) is 17.9 Å². The second kappa shape index (κ2) is 10.4. The Morgan fingerprint density at radius 1 is 1.13 bits per heavy atom. The fraction of sp³-hybridized carbons (Fsp3) is 0.370. The second-order valence-electron chi connectivity index (χ2n) is 9.87. The largest absolute Gasteiger partial charge is 0.356 e. The summed E-state index contributed by atoms with van der Waals surface area (Å²) in [7, 11) is 0. The molecular weight excluding hydrogens is 505 g/mol. The Morgan fingerprint density at radius 2 is 1.97 bits per heavy atom. The lowest BCUT2D eigenvalue weighted by Gasteiger charge is -2.41. The van der Waals surface area contributed by atoms with Crippen LogP contribution in [0.25, 0.3) is 17.0 Å². The van der Waals surface area contributed by atoms with Crippen molar-refractivity contribution in [2.45, 2.75) is 25.8 Å². The summed E-state index contributed by atoms with van der Waals surface area (Å²) in [6.07, 6.45) is 3.76. The Hall–Kier alpha value is -3.41. The average Bonchev–Trinajstić information content (AvgIpc) is 3.55. The predicted molar refractivity (Wildman–Crippen MR) is 146 cm³/mol. The van der Waals surface area contributed by atoms with Crippen LogP contribution in [0.4, 0.5) is 16.0 Å². The Labute approximate surface area is 223 Å². The van der Waals surface area contributed by atoms with E-state index in [9.17, 15) is 13.2 Å². The molecule has 2 atom stereocenters. The quantitative estimate of drug-likeness (QED) is 0.339. The molecule has 2 aliphatic rings. The maximum Gasteiger partial charge on any atom is 0.234 e. The zero-order valence-corrected chi connectivity index (χ0v) is 22.0. The topological polar surface area (TPSA) is 90.1 Å². The Balaban J connectivity index is 1.23. The normalized spacial score (nSPS) is 18.9. The molecule has 1 unspecified atom stereocenters. The molecule has 0 radical (unpaired) electrons. The van der Waals surface area contributed by atoms with Gasteiger partial charge in [-0.2, -0.15) is 0 Å². The zero-order chi connectivity index (χ0) is 26.2. The molecule has 2 fully saturated rings. The number of fused-ring (bicyclic) bond motifs is 1. The van der Waals surface area contributed by atoms with Crippen molar-refractivity contribution in [2.24, 2.45) is 5.92 Å². The van der Waals surface area contributed by atoms with Crippen molar-refractivity contribution in [1.82, 2.24) is 23.9 Å². The van der Waals surface area contributed by atoms with Crippen LogP contribution >= 0.6 is 0 Å². The third-order valence-corrected chi connectivity index (χ3v) is 8.29. The molecule has 0 aliphatic carbocycles. The first-order valence-electron chi connectivity index (χ1n) is 13.0. The third kappa shape index (κ3) is 4.77. The summed E-state index contributed by atoms with van der Waals surface area (Å²) < 4.78 is 38.1. The van der Waals surface area contributed by atoms with Gasteiger partial charge in [-0.05, 0) is 54.8 Å². The summed E-state index contributed by atoms with van der Waals surface area (Å²) in [6, 6.07) is 16.8. The molecule has 6 rings (SSSR count). The molecular formula is C27H30FN7O2S. The smallest absolute Gasteiger partial charge is 0.234 e. The maximum atomic E-state index is 13.9. The van der Waals surface area contributed by atoms with Crippen molar-refractivity contribution in [3.63, 3.8) is 0 Å². The minimum absolute atomic E-state index is 0.0790. The van der Waals surface area contributed by atoms with Crippen molar-refractivity contribution in [1.29, 1.82) is 0 Å². The summed E-state index contributed by atoms with van der Waals surface area (Å²) in [4.78, 5) is 13.9. The van der Waals surface area contributed by atoms with Crippen molar-refractivity contribution < 1.29 is 13.2 Å². The predicted octanol–water partition coefficient (Wildman–Crippen LogP) is 4.17. The van der Waals surface area contributed by atoms with Crippen LogP contribution in [0.1, 0.15) is 31.4 Å². The van der Waals surface area contributed by atoms with Crippen molar-refractivity contribution in [3.05, 3.63) is 72.2 Å². The van der Waals surface area contributed by atoms with Crippen LogP contribution in [0, 0.1) is 11.7 Å². The van der Waals surface area contributed by atoms with Crippen molar-refractivity contribution in [2.75, 3.05) is 42.5 Å². The van der Waals surface area contributed by atoms with Gasteiger partial charge < -0.3 is 9.80 Å². The van der Waals surface area contributed by atoms with Crippen LogP contribution in [0.3, 0.4) is 0 Å². The Kier molecular flexibility index (Phi) is 6.81. The molecule has 198 valence electrons. The summed E-state index contributed by atoms with van der Waals surface area (Å²) in [5, 5.41) is 4.95. The fourth-order valence-corrected chi connectivity index (χ4v) is 6.06. The maximum absolute atomic E-state index is 13.9. The molecule has 4 aromatic rings. The highest BCUT2D eigenvalue weighted by molar-refractivity contribution is 7.76. The summed E-state index contributed by atoms with van der Waals surface area (Å²) in [5.74, 6) is 1.79. The highest BCUT2D eigenvalue weighted by Gasteiger charge is 2.31. The van der Waals surface area contributed by atoms with E-state index in [1.54, 1.807) is 22.6 Å². The van der Waals surface area contributed by atoms with Crippen molar-refractivity contribution in [3.8, 4) is 11.4 Å². The molecule has 9 nitrogen and oxygen atoms in total. The van der Waals surface area contributed by atoms with Gasteiger partial charge in [-0.15, -0.1) is 5.10 Å². The van der Waals surface area contributed by atoms with Crippen LogP contribution in [-0.2, 0) is 11.3 Å². The second-order valence-corrected chi connectivity index (χ2v) is 10.9. The van der Waals surface area contributed by atoms with E-state index in [4.69, 9.17) is 10.1 Å².